The average Bonchev–Trinajstić information content (AvgIpc) is 2.65. The molecule has 1 N–H and O–H groups in total. The van der Waals surface area contributed by atoms with E-state index in [9.17, 15) is 0 Å². The van der Waals surface area contributed by atoms with Gasteiger partial charge in [0.25, 0.3) is 0 Å². The summed E-state index contributed by atoms with van der Waals surface area (Å²) in [5.74, 6) is 1.40. The Labute approximate surface area is 73.0 Å². The Balaban J connectivity index is 2.06. The molecule has 2 heteroatoms. The van der Waals surface area contributed by atoms with E-state index >= 15 is 0 Å². The van der Waals surface area contributed by atoms with Crippen molar-refractivity contribution in [1.29, 1.82) is 0 Å². The van der Waals surface area contributed by atoms with Gasteiger partial charge in [0.1, 0.15) is 5.60 Å². The highest BCUT2D eigenvalue weighted by atomic mass is 16.5. The van der Waals surface area contributed by atoms with Gasteiger partial charge in [-0.05, 0) is 12.8 Å². The summed E-state index contributed by atoms with van der Waals surface area (Å²) < 4.78 is 5.99. The highest BCUT2D eigenvalue weighted by Crippen LogP contribution is 2.50. The molecule has 0 aromatic rings. The van der Waals surface area contributed by atoms with E-state index in [1.54, 1.807) is 0 Å². The lowest BCUT2D eigenvalue weighted by Gasteiger charge is -2.26. The van der Waals surface area contributed by atoms with E-state index in [1.807, 2.05) is 0 Å². The second kappa shape index (κ2) is 1.94. The number of hydrogen-bond donors (Lipinski definition) is 1. The fourth-order valence-corrected chi connectivity index (χ4v) is 3.26. The van der Waals surface area contributed by atoms with Gasteiger partial charge in [0.15, 0.2) is 0 Å². The van der Waals surface area contributed by atoms with E-state index in [-0.39, 0.29) is 5.60 Å². The minimum atomic E-state index is 0.0729. The van der Waals surface area contributed by atoms with E-state index in [2.05, 4.69) is 31.3 Å². The molecule has 3 rings (SSSR count). The van der Waals surface area contributed by atoms with Crippen LogP contribution in [0.5, 0.6) is 0 Å². The Hall–Kier alpha value is -0.340. The molecule has 5 atom stereocenters. The van der Waals surface area contributed by atoms with Crippen molar-refractivity contribution in [2.24, 2.45) is 11.8 Å². The van der Waals surface area contributed by atoms with E-state index in [1.165, 1.54) is 0 Å². The maximum Gasteiger partial charge on any atom is 0.104 e. The molecule has 0 unspecified atom stereocenters. The van der Waals surface area contributed by atoms with Gasteiger partial charge in [-0.2, -0.15) is 0 Å². The highest BCUT2D eigenvalue weighted by molar-refractivity contribution is 5.27. The van der Waals surface area contributed by atoms with Crippen molar-refractivity contribution < 1.29 is 4.74 Å². The van der Waals surface area contributed by atoms with Crippen molar-refractivity contribution in [1.82, 2.24) is 5.32 Å². The second-order valence-corrected chi connectivity index (χ2v) is 4.45. The summed E-state index contributed by atoms with van der Waals surface area (Å²) in [5.41, 5.74) is 0.0729. The summed E-state index contributed by atoms with van der Waals surface area (Å²) in [4.78, 5) is 0. The number of nitrogens with one attached hydrogen (secondary N) is 1. The van der Waals surface area contributed by atoms with Crippen molar-refractivity contribution in [3.8, 4) is 0 Å². The molecule has 3 heterocycles. The van der Waals surface area contributed by atoms with Crippen molar-refractivity contribution in [3.05, 3.63) is 12.2 Å². The molecule has 1 spiro atoms. The third-order valence-corrected chi connectivity index (χ3v) is 3.81. The van der Waals surface area contributed by atoms with Crippen molar-refractivity contribution >= 4 is 0 Å². The first-order valence-corrected chi connectivity index (χ1v) is 4.83. The standard InChI is InChI=1S/C10H15NO/c1-6-8-3-4-10(12-8)5-11-7(2)9(6)10/h3-4,6-9,11H,5H2,1-2H3/t6-,7-,8+,9-,10+/m0/s1. The first-order chi connectivity index (χ1) is 5.73. The summed E-state index contributed by atoms with van der Waals surface area (Å²) in [7, 11) is 0. The fraction of sp³-hybridized carbons (Fsp3) is 0.800. The lowest BCUT2D eigenvalue weighted by atomic mass is 9.76. The molecule has 12 heavy (non-hydrogen) atoms. The van der Waals surface area contributed by atoms with Crippen LogP contribution in [0.1, 0.15) is 13.8 Å². The molecular weight excluding hydrogens is 150 g/mol. The minimum Gasteiger partial charge on any atom is -0.362 e. The van der Waals surface area contributed by atoms with Crippen LogP contribution in [0.25, 0.3) is 0 Å². The zero-order valence-electron chi connectivity index (χ0n) is 7.58. The lowest BCUT2D eigenvalue weighted by molar-refractivity contribution is 0.0306. The van der Waals surface area contributed by atoms with Gasteiger partial charge < -0.3 is 10.1 Å². The quantitative estimate of drug-likeness (QED) is 0.539. The molecule has 0 aromatic carbocycles. The van der Waals surface area contributed by atoms with Crippen LogP contribution < -0.4 is 5.32 Å². The van der Waals surface area contributed by atoms with Gasteiger partial charge in [0.2, 0.25) is 0 Å². The van der Waals surface area contributed by atoms with Crippen LogP contribution >= 0.6 is 0 Å². The Bertz CT molecular complexity index is 250. The van der Waals surface area contributed by atoms with Crippen LogP contribution in [0, 0.1) is 11.8 Å². The molecule has 3 aliphatic rings. The fourth-order valence-electron chi connectivity index (χ4n) is 3.26. The van der Waals surface area contributed by atoms with Crippen LogP contribution in [-0.4, -0.2) is 24.3 Å². The predicted molar refractivity (Wildman–Crippen MR) is 46.9 cm³/mol. The molecule has 66 valence electrons. The Morgan fingerprint density at radius 1 is 1.50 bits per heavy atom. The normalized spacial score (nSPS) is 61.2. The largest absolute Gasteiger partial charge is 0.362 e. The van der Waals surface area contributed by atoms with Crippen LogP contribution in [0.3, 0.4) is 0 Å². The zero-order valence-corrected chi connectivity index (χ0v) is 7.58. The summed E-state index contributed by atoms with van der Waals surface area (Å²) in [6.45, 7) is 5.59. The molecule has 2 nitrogen and oxygen atoms in total. The minimum absolute atomic E-state index is 0.0729. The maximum absolute atomic E-state index is 5.99. The third kappa shape index (κ3) is 0.603. The molecule has 0 amide bonds. The molecule has 0 radical (unpaired) electrons. The number of hydrogen-bond acceptors (Lipinski definition) is 2. The molecule has 0 saturated carbocycles. The van der Waals surface area contributed by atoms with E-state index < -0.39 is 0 Å². The van der Waals surface area contributed by atoms with Crippen molar-refractivity contribution in [3.63, 3.8) is 0 Å². The Kier molecular flexibility index (Phi) is 1.15. The van der Waals surface area contributed by atoms with Gasteiger partial charge in [0, 0.05) is 18.5 Å². The average molecular weight is 165 g/mol. The van der Waals surface area contributed by atoms with Gasteiger partial charge in [-0.15, -0.1) is 0 Å². The summed E-state index contributed by atoms with van der Waals surface area (Å²) in [6, 6.07) is 0.620. The molecule has 0 aromatic heterocycles. The van der Waals surface area contributed by atoms with Gasteiger partial charge in [-0.25, -0.2) is 0 Å². The lowest BCUT2D eigenvalue weighted by Crippen LogP contribution is -2.35. The summed E-state index contributed by atoms with van der Waals surface area (Å²) in [6.07, 6.45) is 4.92. The smallest absolute Gasteiger partial charge is 0.104 e. The molecule has 0 aliphatic carbocycles. The molecule has 2 saturated heterocycles. The Morgan fingerprint density at radius 2 is 2.33 bits per heavy atom. The van der Waals surface area contributed by atoms with Crippen LogP contribution in [0.15, 0.2) is 12.2 Å². The third-order valence-electron chi connectivity index (χ3n) is 3.81. The van der Waals surface area contributed by atoms with Crippen molar-refractivity contribution in [2.45, 2.75) is 31.6 Å². The van der Waals surface area contributed by atoms with E-state index in [0.717, 1.165) is 6.54 Å². The van der Waals surface area contributed by atoms with Crippen LogP contribution in [-0.2, 0) is 4.74 Å². The first-order valence-electron chi connectivity index (χ1n) is 4.83. The molecule has 2 fully saturated rings. The van der Waals surface area contributed by atoms with Gasteiger partial charge in [0.05, 0.1) is 6.10 Å². The number of fused-ring (bicyclic) bond motifs is 1. The molecule has 3 aliphatic heterocycles. The highest BCUT2D eigenvalue weighted by Gasteiger charge is 2.59. The second-order valence-electron chi connectivity index (χ2n) is 4.45. The summed E-state index contributed by atoms with van der Waals surface area (Å²) >= 11 is 0. The van der Waals surface area contributed by atoms with Gasteiger partial charge >= 0.3 is 0 Å². The summed E-state index contributed by atoms with van der Waals surface area (Å²) in [5, 5.41) is 3.49. The monoisotopic (exact) mass is 165 g/mol. The van der Waals surface area contributed by atoms with E-state index in [4.69, 9.17) is 4.74 Å². The van der Waals surface area contributed by atoms with Gasteiger partial charge in [-0.3, -0.25) is 0 Å². The molecule has 2 bridgehead atoms. The first kappa shape index (κ1) is 7.10. The van der Waals surface area contributed by atoms with Crippen LogP contribution in [0.4, 0.5) is 0 Å². The predicted octanol–water partition coefficient (Wildman–Crippen LogP) is 0.938. The maximum atomic E-state index is 5.99. The van der Waals surface area contributed by atoms with E-state index in [0.29, 0.717) is 24.0 Å². The van der Waals surface area contributed by atoms with Gasteiger partial charge in [-0.1, -0.05) is 19.1 Å². The zero-order chi connectivity index (χ0) is 8.34. The topological polar surface area (TPSA) is 21.3 Å². The van der Waals surface area contributed by atoms with Crippen LogP contribution in [0.2, 0.25) is 0 Å². The number of ether oxygens (including phenoxy) is 1. The molecular formula is C10H15NO. The number of rotatable bonds is 0. The Morgan fingerprint density at radius 3 is 3.08 bits per heavy atom. The van der Waals surface area contributed by atoms with Crippen molar-refractivity contribution in [2.75, 3.05) is 6.54 Å². The SMILES string of the molecule is C[C@@H]1[C@H]2[C@H](C)NC[C@]23C=C[C@H]1O3.